The first-order valence-corrected chi connectivity index (χ1v) is 8.86. The van der Waals surface area contributed by atoms with E-state index in [2.05, 4.69) is 52.1 Å². The van der Waals surface area contributed by atoms with Crippen LogP contribution in [0, 0.1) is 5.82 Å². The molecule has 2 aromatic rings. The van der Waals surface area contributed by atoms with Crippen LogP contribution in [0.5, 0.6) is 0 Å². The number of carbonyl (C=O) groups excluding carboxylic acids is 1. The largest absolute Gasteiger partial charge is 0.348 e. The minimum atomic E-state index is -0.427. The number of rotatable bonds is 7. The van der Waals surface area contributed by atoms with Gasteiger partial charge in [0.05, 0.1) is 5.56 Å². The molecule has 0 aliphatic rings. The van der Waals surface area contributed by atoms with Gasteiger partial charge < -0.3 is 5.32 Å². The molecule has 1 amide bonds. The Balaban J connectivity index is 1.94. The third kappa shape index (κ3) is 5.14. The van der Waals surface area contributed by atoms with E-state index in [-0.39, 0.29) is 5.91 Å². The highest BCUT2D eigenvalue weighted by molar-refractivity contribution is 9.10. The van der Waals surface area contributed by atoms with Crippen molar-refractivity contribution in [3.8, 4) is 0 Å². The van der Waals surface area contributed by atoms with Crippen LogP contribution < -0.4 is 5.32 Å². The Hall–Kier alpha value is -1.72. The van der Waals surface area contributed by atoms with Gasteiger partial charge in [0.1, 0.15) is 5.82 Å². The lowest BCUT2D eigenvalue weighted by atomic mass is 10.1. The number of nitrogens with one attached hydrogen (secondary N) is 1. The van der Waals surface area contributed by atoms with Gasteiger partial charge in [-0.3, -0.25) is 9.69 Å². The summed E-state index contributed by atoms with van der Waals surface area (Å²) < 4.78 is 13.9. The zero-order valence-electron chi connectivity index (χ0n) is 14.0. The molecule has 0 atom stereocenters. The topological polar surface area (TPSA) is 32.3 Å². The molecule has 0 saturated carbocycles. The summed E-state index contributed by atoms with van der Waals surface area (Å²) in [5.41, 5.74) is 2.56. The van der Waals surface area contributed by atoms with Gasteiger partial charge in [-0.2, -0.15) is 0 Å². The number of hydrogen-bond acceptors (Lipinski definition) is 2. The van der Waals surface area contributed by atoms with E-state index in [1.54, 1.807) is 0 Å². The van der Waals surface area contributed by atoms with Gasteiger partial charge >= 0.3 is 0 Å². The Morgan fingerprint density at radius 3 is 2.33 bits per heavy atom. The predicted octanol–water partition coefficient (Wildman–Crippen LogP) is 4.36. The van der Waals surface area contributed by atoms with Gasteiger partial charge in [-0.1, -0.05) is 38.1 Å². The van der Waals surface area contributed by atoms with Crippen molar-refractivity contribution in [2.24, 2.45) is 0 Å². The molecule has 0 fully saturated rings. The molecule has 0 unspecified atom stereocenters. The van der Waals surface area contributed by atoms with Crippen molar-refractivity contribution in [2.75, 3.05) is 13.1 Å². The fraction of sp³-hybridized carbons (Fsp3) is 0.316. The molecule has 0 saturated heterocycles. The highest BCUT2D eigenvalue weighted by atomic mass is 79.9. The molecule has 5 heteroatoms. The number of halogens is 2. The average molecular weight is 393 g/mol. The summed E-state index contributed by atoms with van der Waals surface area (Å²) in [4.78, 5) is 14.5. The molecule has 0 bridgehead atoms. The minimum absolute atomic E-state index is 0.298. The molecule has 3 nitrogen and oxygen atoms in total. The van der Waals surface area contributed by atoms with Crippen LogP contribution in [0.25, 0.3) is 0 Å². The van der Waals surface area contributed by atoms with Crippen LogP contribution in [0.15, 0.2) is 46.9 Å². The van der Waals surface area contributed by atoms with Crippen LogP contribution in [0.3, 0.4) is 0 Å². The van der Waals surface area contributed by atoms with Crippen molar-refractivity contribution in [1.29, 1.82) is 0 Å². The molecule has 2 rings (SSSR count). The molecule has 1 N–H and O–H groups in total. The maximum absolute atomic E-state index is 13.3. The van der Waals surface area contributed by atoms with Crippen LogP contribution in [-0.2, 0) is 13.1 Å². The van der Waals surface area contributed by atoms with Crippen molar-refractivity contribution in [1.82, 2.24) is 10.2 Å². The summed E-state index contributed by atoms with van der Waals surface area (Å²) in [6.45, 7) is 7.69. The Morgan fingerprint density at radius 1 is 1.08 bits per heavy atom. The van der Waals surface area contributed by atoms with Crippen molar-refractivity contribution in [3.63, 3.8) is 0 Å². The Kier molecular flexibility index (Phi) is 6.94. The van der Waals surface area contributed by atoms with Crippen molar-refractivity contribution < 1.29 is 9.18 Å². The predicted molar refractivity (Wildman–Crippen MR) is 98.3 cm³/mol. The maximum atomic E-state index is 13.3. The number of hydrogen-bond donors (Lipinski definition) is 1. The second kappa shape index (κ2) is 8.94. The first-order chi connectivity index (χ1) is 11.5. The smallest absolute Gasteiger partial charge is 0.252 e. The van der Waals surface area contributed by atoms with Gasteiger partial charge in [0.15, 0.2) is 0 Å². The second-order valence-corrected chi connectivity index (χ2v) is 6.44. The molecular weight excluding hydrogens is 371 g/mol. The van der Waals surface area contributed by atoms with Crippen LogP contribution in [0.2, 0.25) is 0 Å². The van der Waals surface area contributed by atoms with E-state index >= 15 is 0 Å². The molecule has 0 aliphatic heterocycles. The van der Waals surface area contributed by atoms with E-state index in [1.807, 2.05) is 12.1 Å². The zero-order chi connectivity index (χ0) is 17.5. The summed E-state index contributed by atoms with van der Waals surface area (Å²) in [6.07, 6.45) is 0. The number of amides is 1. The van der Waals surface area contributed by atoms with Crippen molar-refractivity contribution >= 4 is 21.8 Å². The molecule has 128 valence electrons. The number of nitrogens with zero attached hydrogens (tertiary/aromatic N) is 1. The molecule has 24 heavy (non-hydrogen) atoms. The van der Waals surface area contributed by atoms with Crippen LogP contribution in [0.1, 0.15) is 35.3 Å². The fourth-order valence-electron chi connectivity index (χ4n) is 2.42. The summed E-state index contributed by atoms with van der Waals surface area (Å²) in [5.74, 6) is -0.724. The fourth-order valence-corrected chi connectivity index (χ4v) is 2.84. The van der Waals surface area contributed by atoms with Crippen molar-refractivity contribution in [3.05, 3.63) is 69.4 Å². The van der Waals surface area contributed by atoms with E-state index in [4.69, 9.17) is 0 Å². The summed E-state index contributed by atoms with van der Waals surface area (Å²) in [6, 6.07) is 12.3. The highest BCUT2D eigenvalue weighted by Crippen LogP contribution is 2.18. The number of benzene rings is 2. The molecule has 0 aliphatic carbocycles. The first kappa shape index (κ1) is 18.6. The normalized spacial score (nSPS) is 10.9. The standard InChI is InChI=1S/C19H22BrFN2O/c1-3-23(4-2)13-15-7-5-14(6-8-15)12-22-19(24)17-11-16(21)9-10-18(17)20/h5-11H,3-4,12-13H2,1-2H3,(H,22,24). The summed E-state index contributed by atoms with van der Waals surface area (Å²) in [5, 5.41) is 2.82. The molecule has 0 spiro atoms. The second-order valence-electron chi connectivity index (χ2n) is 5.58. The lowest BCUT2D eigenvalue weighted by Crippen LogP contribution is -2.23. The molecule has 2 aromatic carbocycles. The van der Waals surface area contributed by atoms with E-state index in [1.165, 1.54) is 23.8 Å². The van der Waals surface area contributed by atoms with Gasteiger partial charge in [-0.25, -0.2) is 4.39 Å². The van der Waals surface area contributed by atoms with Gasteiger partial charge in [-0.05, 0) is 58.3 Å². The average Bonchev–Trinajstić information content (AvgIpc) is 2.60. The van der Waals surface area contributed by atoms with E-state index in [0.717, 1.165) is 25.2 Å². The van der Waals surface area contributed by atoms with Gasteiger partial charge in [-0.15, -0.1) is 0 Å². The number of carbonyl (C=O) groups is 1. The molecule has 0 aromatic heterocycles. The SMILES string of the molecule is CCN(CC)Cc1ccc(CNC(=O)c2cc(F)ccc2Br)cc1. The van der Waals surface area contributed by atoms with Crippen LogP contribution in [-0.4, -0.2) is 23.9 Å². The Labute approximate surface area is 151 Å². The third-order valence-corrected chi connectivity index (χ3v) is 4.64. The van der Waals surface area contributed by atoms with Crippen molar-refractivity contribution in [2.45, 2.75) is 26.9 Å². The zero-order valence-corrected chi connectivity index (χ0v) is 15.6. The van der Waals surface area contributed by atoms with Crippen LogP contribution >= 0.6 is 15.9 Å². The summed E-state index contributed by atoms with van der Waals surface area (Å²) >= 11 is 3.27. The van der Waals surface area contributed by atoms with Gasteiger partial charge in [0.2, 0.25) is 0 Å². The van der Waals surface area contributed by atoms with E-state index < -0.39 is 5.82 Å². The summed E-state index contributed by atoms with van der Waals surface area (Å²) in [7, 11) is 0. The van der Waals surface area contributed by atoms with Crippen LogP contribution in [0.4, 0.5) is 4.39 Å². The highest BCUT2D eigenvalue weighted by Gasteiger charge is 2.11. The van der Waals surface area contributed by atoms with E-state index in [0.29, 0.717) is 16.6 Å². The Bertz CT molecular complexity index is 684. The third-order valence-electron chi connectivity index (χ3n) is 3.95. The van der Waals surface area contributed by atoms with E-state index in [9.17, 15) is 9.18 Å². The molecular formula is C19H22BrFN2O. The lowest BCUT2D eigenvalue weighted by molar-refractivity contribution is 0.0949. The van der Waals surface area contributed by atoms with Gasteiger partial charge in [0.25, 0.3) is 5.91 Å². The monoisotopic (exact) mass is 392 g/mol. The minimum Gasteiger partial charge on any atom is -0.348 e. The first-order valence-electron chi connectivity index (χ1n) is 8.07. The lowest BCUT2D eigenvalue weighted by Gasteiger charge is -2.18. The maximum Gasteiger partial charge on any atom is 0.252 e. The molecule has 0 radical (unpaired) electrons. The van der Waals surface area contributed by atoms with Gasteiger partial charge in [0, 0.05) is 17.6 Å². The molecule has 0 heterocycles. The Morgan fingerprint density at radius 2 is 1.71 bits per heavy atom. The quantitative estimate of drug-likeness (QED) is 0.758.